The molecule has 1 aromatic rings. The number of hydrogen-bond acceptors (Lipinski definition) is 3. The first-order valence-corrected chi connectivity index (χ1v) is 6.35. The zero-order valence-corrected chi connectivity index (χ0v) is 11.8. The molecule has 4 nitrogen and oxygen atoms in total. The highest BCUT2D eigenvalue weighted by Crippen LogP contribution is 2.52. The number of rotatable bonds is 5. The van der Waals surface area contributed by atoms with E-state index in [4.69, 9.17) is 9.47 Å². The second-order valence-electron chi connectivity index (χ2n) is 5.52. The molecule has 1 aliphatic carbocycles. The Balaban J connectivity index is 2.53. The van der Waals surface area contributed by atoms with Crippen LogP contribution in [0.3, 0.4) is 0 Å². The topological polar surface area (TPSA) is 55.8 Å². The number of carboxylic acid groups (broad SMARTS) is 1. The molecular weight excluding hydrogens is 244 g/mol. The fraction of sp³-hybridized carbons (Fsp3) is 0.533. The fourth-order valence-electron chi connectivity index (χ4n) is 2.30. The molecule has 0 heterocycles. The summed E-state index contributed by atoms with van der Waals surface area (Å²) in [7, 11) is 3.21. The number of benzene rings is 1. The van der Waals surface area contributed by atoms with E-state index in [0.717, 1.165) is 11.1 Å². The lowest BCUT2D eigenvalue weighted by Crippen LogP contribution is -2.24. The molecule has 0 radical (unpaired) electrons. The third kappa shape index (κ3) is 2.21. The van der Waals surface area contributed by atoms with Crippen molar-refractivity contribution >= 4 is 5.97 Å². The summed E-state index contributed by atoms with van der Waals surface area (Å²) in [4.78, 5) is 11.5. The first kappa shape index (κ1) is 13.9. The molecule has 1 N–H and O–H groups in total. The molecule has 1 aliphatic rings. The highest BCUT2D eigenvalue weighted by Gasteiger charge is 2.53. The second-order valence-corrected chi connectivity index (χ2v) is 5.52. The first-order valence-electron chi connectivity index (χ1n) is 6.35. The molecular formula is C15H20O4. The highest BCUT2D eigenvalue weighted by atomic mass is 16.5. The Labute approximate surface area is 113 Å². The molecule has 0 amide bonds. The second kappa shape index (κ2) is 4.53. The Bertz CT molecular complexity index is 501. The molecule has 1 fully saturated rings. The lowest BCUT2D eigenvalue weighted by Gasteiger charge is -2.26. The van der Waals surface area contributed by atoms with Gasteiger partial charge in [-0.2, -0.15) is 0 Å². The van der Waals surface area contributed by atoms with Gasteiger partial charge in [0.1, 0.15) is 5.75 Å². The Kier molecular flexibility index (Phi) is 3.31. The van der Waals surface area contributed by atoms with Crippen LogP contribution in [0.1, 0.15) is 37.8 Å². The van der Waals surface area contributed by atoms with E-state index in [1.54, 1.807) is 14.2 Å². The quantitative estimate of drug-likeness (QED) is 0.888. The van der Waals surface area contributed by atoms with E-state index >= 15 is 0 Å². The Morgan fingerprint density at radius 3 is 2.37 bits per heavy atom. The summed E-state index contributed by atoms with van der Waals surface area (Å²) >= 11 is 0. The SMILES string of the molecule is COc1ccc(C(C)(C)OC)cc1C1(C(=O)O)CC1. The molecule has 0 aromatic heterocycles. The maximum Gasteiger partial charge on any atom is 0.314 e. The Morgan fingerprint density at radius 1 is 1.32 bits per heavy atom. The third-order valence-electron chi connectivity index (χ3n) is 4.08. The summed E-state index contributed by atoms with van der Waals surface area (Å²) in [6.45, 7) is 3.91. The van der Waals surface area contributed by atoms with E-state index in [0.29, 0.717) is 18.6 Å². The van der Waals surface area contributed by atoms with Crippen molar-refractivity contribution in [3.8, 4) is 5.75 Å². The molecule has 1 saturated carbocycles. The van der Waals surface area contributed by atoms with Crippen LogP contribution in [0.15, 0.2) is 18.2 Å². The summed E-state index contributed by atoms with van der Waals surface area (Å²) in [5.41, 5.74) is 0.490. The predicted molar refractivity (Wildman–Crippen MR) is 71.6 cm³/mol. The van der Waals surface area contributed by atoms with Crippen LogP contribution >= 0.6 is 0 Å². The molecule has 0 spiro atoms. The van der Waals surface area contributed by atoms with Gasteiger partial charge in [-0.1, -0.05) is 6.07 Å². The van der Waals surface area contributed by atoms with Crippen LogP contribution in [0, 0.1) is 0 Å². The number of hydrogen-bond donors (Lipinski definition) is 1. The zero-order valence-electron chi connectivity index (χ0n) is 11.8. The Hall–Kier alpha value is -1.55. The molecule has 19 heavy (non-hydrogen) atoms. The van der Waals surface area contributed by atoms with Crippen molar-refractivity contribution in [3.63, 3.8) is 0 Å². The summed E-state index contributed by atoms with van der Waals surface area (Å²) < 4.78 is 10.8. The van der Waals surface area contributed by atoms with E-state index in [1.165, 1.54) is 0 Å². The van der Waals surface area contributed by atoms with Gasteiger partial charge in [0.25, 0.3) is 0 Å². The molecule has 4 heteroatoms. The smallest absolute Gasteiger partial charge is 0.314 e. The molecule has 0 unspecified atom stereocenters. The summed E-state index contributed by atoms with van der Waals surface area (Å²) in [5.74, 6) is -0.145. The number of carbonyl (C=O) groups is 1. The lowest BCUT2D eigenvalue weighted by molar-refractivity contribution is -0.140. The van der Waals surface area contributed by atoms with E-state index in [-0.39, 0.29) is 0 Å². The predicted octanol–water partition coefficient (Wildman–Crippen LogP) is 2.69. The van der Waals surface area contributed by atoms with Crippen LogP contribution in [-0.2, 0) is 20.5 Å². The molecule has 2 rings (SSSR count). The molecule has 0 bridgehead atoms. The fourth-order valence-corrected chi connectivity index (χ4v) is 2.30. The molecule has 104 valence electrons. The van der Waals surface area contributed by atoms with Gasteiger partial charge in [0.15, 0.2) is 0 Å². The van der Waals surface area contributed by atoms with Crippen molar-refractivity contribution < 1.29 is 19.4 Å². The van der Waals surface area contributed by atoms with Gasteiger partial charge >= 0.3 is 5.97 Å². The van der Waals surface area contributed by atoms with Crippen molar-refractivity contribution in [2.45, 2.75) is 37.7 Å². The van der Waals surface area contributed by atoms with Gasteiger partial charge in [0.05, 0.1) is 18.1 Å². The van der Waals surface area contributed by atoms with E-state index in [9.17, 15) is 9.90 Å². The molecule has 0 atom stereocenters. The maximum absolute atomic E-state index is 11.5. The largest absolute Gasteiger partial charge is 0.496 e. The van der Waals surface area contributed by atoms with Crippen LogP contribution in [0.25, 0.3) is 0 Å². The average Bonchev–Trinajstić information content (AvgIpc) is 3.19. The van der Waals surface area contributed by atoms with Gasteiger partial charge in [-0.05, 0) is 44.4 Å². The normalized spacial score (nSPS) is 17.1. The number of carboxylic acids is 1. The zero-order chi connectivity index (χ0) is 14.3. The summed E-state index contributed by atoms with van der Waals surface area (Å²) in [5, 5.41) is 9.44. The van der Waals surface area contributed by atoms with Crippen LogP contribution in [0.4, 0.5) is 0 Å². The number of methoxy groups -OCH3 is 2. The van der Waals surface area contributed by atoms with E-state index in [2.05, 4.69) is 0 Å². The van der Waals surface area contributed by atoms with E-state index in [1.807, 2.05) is 32.0 Å². The van der Waals surface area contributed by atoms with Crippen molar-refractivity contribution in [2.75, 3.05) is 14.2 Å². The van der Waals surface area contributed by atoms with Gasteiger partial charge < -0.3 is 14.6 Å². The van der Waals surface area contributed by atoms with Crippen molar-refractivity contribution in [2.24, 2.45) is 0 Å². The number of aliphatic carboxylic acids is 1. The lowest BCUT2D eigenvalue weighted by atomic mass is 9.89. The van der Waals surface area contributed by atoms with Gasteiger partial charge in [0.2, 0.25) is 0 Å². The monoisotopic (exact) mass is 264 g/mol. The Morgan fingerprint density at radius 2 is 1.95 bits per heavy atom. The number of ether oxygens (including phenoxy) is 2. The third-order valence-corrected chi connectivity index (χ3v) is 4.08. The van der Waals surface area contributed by atoms with Crippen LogP contribution in [0.2, 0.25) is 0 Å². The van der Waals surface area contributed by atoms with Crippen LogP contribution in [0.5, 0.6) is 5.75 Å². The van der Waals surface area contributed by atoms with Crippen molar-refractivity contribution in [1.82, 2.24) is 0 Å². The van der Waals surface area contributed by atoms with Crippen molar-refractivity contribution in [1.29, 1.82) is 0 Å². The molecule has 0 aliphatic heterocycles. The van der Waals surface area contributed by atoms with Gasteiger partial charge in [-0.15, -0.1) is 0 Å². The average molecular weight is 264 g/mol. The van der Waals surface area contributed by atoms with Gasteiger partial charge in [-0.25, -0.2) is 0 Å². The van der Waals surface area contributed by atoms with Gasteiger partial charge in [0, 0.05) is 12.7 Å². The van der Waals surface area contributed by atoms with Gasteiger partial charge in [-0.3, -0.25) is 4.79 Å². The minimum Gasteiger partial charge on any atom is -0.496 e. The van der Waals surface area contributed by atoms with Crippen LogP contribution in [-0.4, -0.2) is 25.3 Å². The summed E-state index contributed by atoms with van der Waals surface area (Å²) in [6.07, 6.45) is 1.32. The molecule has 0 saturated heterocycles. The first-order chi connectivity index (χ1) is 8.87. The summed E-state index contributed by atoms with van der Waals surface area (Å²) in [6, 6.07) is 5.65. The van der Waals surface area contributed by atoms with E-state index < -0.39 is 17.0 Å². The van der Waals surface area contributed by atoms with Crippen LogP contribution < -0.4 is 4.74 Å². The minimum atomic E-state index is -0.779. The standard InChI is InChI=1S/C15H20O4/c1-14(2,19-4)10-5-6-12(18-3)11(9-10)15(7-8-15)13(16)17/h5-6,9H,7-8H2,1-4H3,(H,16,17). The maximum atomic E-state index is 11.5. The minimum absolute atomic E-state index is 0.449. The van der Waals surface area contributed by atoms with Crippen molar-refractivity contribution in [3.05, 3.63) is 29.3 Å². The molecule has 1 aromatic carbocycles. The highest BCUT2D eigenvalue weighted by molar-refractivity contribution is 5.86.